The van der Waals surface area contributed by atoms with Gasteiger partial charge in [-0.3, -0.25) is 9.67 Å². The molecule has 0 fully saturated rings. The first-order valence-electron chi connectivity index (χ1n) is 5.77. The lowest BCUT2D eigenvalue weighted by atomic mass is 10.2. The highest BCUT2D eigenvalue weighted by Gasteiger charge is 2.23. The van der Waals surface area contributed by atoms with Crippen molar-refractivity contribution in [3.63, 3.8) is 0 Å². The maximum absolute atomic E-state index is 11.5. The Morgan fingerprint density at radius 2 is 2.11 bits per heavy atom. The maximum Gasteiger partial charge on any atom is 0.273 e. The molecule has 2 aromatic heterocycles. The normalized spacial score (nSPS) is 12.3. The molecule has 2 rings (SSSR count). The van der Waals surface area contributed by atoms with Crippen molar-refractivity contribution in [2.24, 2.45) is 11.1 Å². The number of nitrogens with one attached hydrogen (secondary N) is 1. The molecule has 0 aliphatic heterocycles. The summed E-state index contributed by atoms with van der Waals surface area (Å²) in [5.74, 6) is 0.673. The van der Waals surface area contributed by atoms with E-state index in [9.17, 15) is 8.42 Å². The van der Waals surface area contributed by atoms with Crippen LogP contribution >= 0.6 is 0 Å². The van der Waals surface area contributed by atoms with Crippen LogP contribution in [0.2, 0.25) is 0 Å². The minimum atomic E-state index is -3.90. The van der Waals surface area contributed by atoms with Gasteiger partial charge in [0.1, 0.15) is 0 Å². The second-order valence-corrected chi connectivity index (χ2v) is 6.22. The number of rotatable bonds is 4. The van der Waals surface area contributed by atoms with Gasteiger partial charge in [-0.25, -0.2) is 13.6 Å². The molecule has 0 unspecified atom stereocenters. The van der Waals surface area contributed by atoms with Gasteiger partial charge in [-0.2, -0.15) is 5.10 Å². The monoisotopic (exact) mass is 284 g/mol. The second-order valence-electron chi connectivity index (χ2n) is 4.76. The van der Waals surface area contributed by atoms with E-state index >= 15 is 0 Å². The van der Waals surface area contributed by atoms with Crippen molar-refractivity contribution >= 4 is 10.0 Å². The Balaban J connectivity index is 2.63. The molecule has 0 saturated heterocycles. The van der Waals surface area contributed by atoms with Gasteiger partial charge < -0.3 is 0 Å². The fraction of sp³-hybridized carbons (Fsp3) is 0.500. The van der Waals surface area contributed by atoms with E-state index in [1.54, 1.807) is 6.20 Å². The van der Waals surface area contributed by atoms with E-state index < -0.39 is 10.0 Å². The Bertz CT molecular complexity index is 685. The van der Waals surface area contributed by atoms with Crippen molar-refractivity contribution in [2.45, 2.75) is 32.5 Å². The summed E-state index contributed by atoms with van der Waals surface area (Å²) in [6.07, 6.45) is 1.59. The zero-order valence-corrected chi connectivity index (χ0v) is 11.8. The minimum Gasteiger partial charge on any atom is -0.296 e. The number of H-pyrrole nitrogens is 1. The Morgan fingerprint density at radius 3 is 2.58 bits per heavy atom. The number of primary sulfonamides is 1. The molecule has 0 spiro atoms. The van der Waals surface area contributed by atoms with Gasteiger partial charge in [-0.15, -0.1) is 10.2 Å². The number of hydrogen-bond acceptors (Lipinski definition) is 5. The number of aromatic nitrogens is 5. The fourth-order valence-corrected chi connectivity index (χ4v) is 2.43. The van der Waals surface area contributed by atoms with Crippen molar-refractivity contribution < 1.29 is 8.42 Å². The van der Waals surface area contributed by atoms with Crippen LogP contribution in [0.4, 0.5) is 0 Å². The molecule has 0 saturated carbocycles. The van der Waals surface area contributed by atoms with Gasteiger partial charge >= 0.3 is 0 Å². The first-order valence-corrected chi connectivity index (χ1v) is 7.31. The van der Waals surface area contributed by atoms with E-state index in [0.29, 0.717) is 17.9 Å². The molecule has 2 aromatic rings. The molecule has 19 heavy (non-hydrogen) atoms. The molecule has 0 aliphatic rings. The van der Waals surface area contributed by atoms with Crippen molar-refractivity contribution in [1.29, 1.82) is 0 Å². The largest absolute Gasteiger partial charge is 0.296 e. The number of nitrogens with zero attached hydrogens (tertiary/aromatic N) is 4. The average molecular weight is 284 g/mol. The van der Waals surface area contributed by atoms with Crippen LogP contribution in [0.5, 0.6) is 0 Å². The summed E-state index contributed by atoms with van der Waals surface area (Å²) in [5.41, 5.74) is 1.50. The van der Waals surface area contributed by atoms with E-state index in [1.165, 1.54) is 4.57 Å². The minimum absolute atomic E-state index is 0.224. The van der Waals surface area contributed by atoms with Crippen molar-refractivity contribution in [3.8, 4) is 11.4 Å². The Kier molecular flexibility index (Phi) is 3.42. The van der Waals surface area contributed by atoms with E-state index in [1.807, 2.05) is 20.8 Å². The lowest BCUT2D eigenvalue weighted by Crippen LogP contribution is -2.20. The van der Waals surface area contributed by atoms with Crippen LogP contribution < -0.4 is 5.14 Å². The van der Waals surface area contributed by atoms with Crippen molar-refractivity contribution in [3.05, 3.63) is 11.9 Å². The lowest BCUT2D eigenvalue weighted by Gasteiger charge is -2.11. The second kappa shape index (κ2) is 4.74. The first kappa shape index (κ1) is 13.7. The molecular formula is C10H16N6O2S. The van der Waals surface area contributed by atoms with E-state index in [4.69, 9.17) is 5.14 Å². The Hall–Kier alpha value is -1.74. The molecule has 0 aliphatic carbocycles. The third kappa shape index (κ3) is 2.66. The fourth-order valence-electron chi connectivity index (χ4n) is 1.80. The highest BCUT2D eigenvalue weighted by molar-refractivity contribution is 7.89. The van der Waals surface area contributed by atoms with Crippen LogP contribution in [-0.2, 0) is 16.6 Å². The zero-order valence-electron chi connectivity index (χ0n) is 11.0. The summed E-state index contributed by atoms with van der Waals surface area (Å²) in [6.45, 7) is 6.23. The summed E-state index contributed by atoms with van der Waals surface area (Å²) >= 11 is 0. The standard InChI is InChI=1S/C10H16N6O2S/c1-6(2)5-16-9(8-4-12-13-7(8)3)14-15-10(16)19(11,17)18/h4,6H,5H2,1-3H3,(H,12,13)(H2,11,17,18). The predicted molar refractivity (Wildman–Crippen MR) is 68.6 cm³/mol. The SMILES string of the molecule is Cc1[nH]ncc1-c1nnc(S(N)(=O)=O)n1CC(C)C. The van der Waals surface area contributed by atoms with E-state index in [0.717, 1.165) is 5.69 Å². The number of aromatic amines is 1. The van der Waals surface area contributed by atoms with E-state index in [2.05, 4.69) is 20.4 Å². The zero-order chi connectivity index (χ0) is 14.2. The van der Waals surface area contributed by atoms with Gasteiger partial charge in [0.25, 0.3) is 15.2 Å². The molecular weight excluding hydrogens is 268 g/mol. The molecule has 0 radical (unpaired) electrons. The number of sulfonamides is 1. The van der Waals surface area contributed by atoms with Crippen LogP contribution in [0, 0.1) is 12.8 Å². The highest BCUT2D eigenvalue weighted by Crippen LogP contribution is 2.22. The number of nitrogens with two attached hydrogens (primary N) is 1. The highest BCUT2D eigenvalue weighted by atomic mass is 32.2. The van der Waals surface area contributed by atoms with Crippen LogP contribution in [0.3, 0.4) is 0 Å². The Labute approximate surface area is 111 Å². The summed E-state index contributed by atoms with van der Waals surface area (Å²) in [6, 6.07) is 0. The predicted octanol–water partition coefficient (Wildman–Crippen LogP) is 0.280. The first-order chi connectivity index (χ1) is 8.80. The van der Waals surface area contributed by atoms with Gasteiger partial charge in [0.2, 0.25) is 0 Å². The van der Waals surface area contributed by atoms with Crippen LogP contribution in [0.1, 0.15) is 19.5 Å². The van der Waals surface area contributed by atoms with Crippen molar-refractivity contribution in [1.82, 2.24) is 25.0 Å². The molecule has 2 heterocycles. The van der Waals surface area contributed by atoms with Crippen LogP contribution in [-0.4, -0.2) is 33.4 Å². The maximum atomic E-state index is 11.5. The molecule has 0 aromatic carbocycles. The topological polar surface area (TPSA) is 120 Å². The molecule has 0 atom stereocenters. The van der Waals surface area contributed by atoms with Gasteiger partial charge in [-0.05, 0) is 12.8 Å². The van der Waals surface area contributed by atoms with Crippen molar-refractivity contribution in [2.75, 3.05) is 0 Å². The molecule has 8 nitrogen and oxygen atoms in total. The summed E-state index contributed by atoms with van der Waals surface area (Å²) in [5, 5.41) is 19.3. The smallest absolute Gasteiger partial charge is 0.273 e. The number of hydrogen-bond donors (Lipinski definition) is 2. The molecule has 0 amide bonds. The summed E-state index contributed by atoms with van der Waals surface area (Å²) in [7, 11) is -3.90. The summed E-state index contributed by atoms with van der Waals surface area (Å²) < 4.78 is 24.6. The lowest BCUT2D eigenvalue weighted by molar-refractivity contribution is 0.486. The molecule has 104 valence electrons. The van der Waals surface area contributed by atoms with E-state index in [-0.39, 0.29) is 11.1 Å². The van der Waals surface area contributed by atoms with Gasteiger partial charge in [0.15, 0.2) is 5.82 Å². The Morgan fingerprint density at radius 1 is 1.42 bits per heavy atom. The van der Waals surface area contributed by atoms with Gasteiger partial charge in [0.05, 0.1) is 11.8 Å². The molecule has 0 bridgehead atoms. The molecule has 9 heteroatoms. The quantitative estimate of drug-likeness (QED) is 0.835. The number of aryl methyl sites for hydroxylation is 1. The third-order valence-electron chi connectivity index (χ3n) is 2.59. The van der Waals surface area contributed by atoms with Gasteiger partial charge in [-0.1, -0.05) is 13.8 Å². The third-order valence-corrected chi connectivity index (χ3v) is 3.40. The summed E-state index contributed by atoms with van der Waals surface area (Å²) in [4.78, 5) is 0. The van der Waals surface area contributed by atoms with Gasteiger partial charge in [0, 0.05) is 12.2 Å². The van der Waals surface area contributed by atoms with Crippen LogP contribution in [0.25, 0.3) is 11.4 Å². The van der Waals surface area contributed by atoms with Crippen LogP contribution in [0.15, 0.2) is 11.4 Å². The average Bonchev–Trinajstić information content (AvgIpc) is 2.82. The molecule has 3 N–H and O–H groups in total.